The van der Waals surface area contributed by atoms with E-state index in [0.29, 0.717) is 0 Å². The molecule has 7 rings (SSSR count). The number of nitrogens with zero attached hydrogens (tertiary/aromatic N) is 1. The van der Waals surface area contributed by atoms with Crippen LogP contribution in [0.25, 0.3) is 60.1 Å². The van der Waals surface area contributed by atoms with Crippen molar-refractivity contribution in [1.29, 1.82) is 0 Å². The Morgan fingerprint density at radius 2 is 1.29 bits per heavy atom. The third kappa shape index (κ3) is 2.57. The summed E-state index contributed by atoms with van der Waals surface area (Å²) < 4.78 is 2.46. The molecule has 0 saturated carbocycles. The number of hydrogen-bond acceptors (Lipinski definition) is 0. The third-order valence-electron chi connectivity index (χ3n) is 7.26. The molecule has 7 aromatic rings. The van der Waals surface area contributed by atoms with Crippen molar-refractivity contribution in [2.24, 2.45) is 0 Å². The lowest BCUT2D eigenvalue weighted by molar-refractivity contribution is 0.591. The zero-order valence-corrected chi connectivity index (χ0v) is 19.7. The van der Waals surface area contributed by atoms with E-state index < -0.39 is 0 Å². The maximum Gasteiger partial charge on any atom is 0.0627 e. The summed E-state index contributed by atoms with van der Waals surface area (Å²) in [6, 6.07) is 35.3. The fraction of sp³-hybridized carbons (Fsp3) is 0.125. The summed E-state index contributed by atoms with van der Waals surface area (Å²) in [5.41, 5.74) is 7.55. The molecule has 2 nitrogen and oxygen atoms in total. The van der Waals surface area contributed by atoms with Crippen LogP contribution in [0.2, 0.25) is 0 Å². The van der Waals surface area contributed by atoms with E-state index in [4.69, 9.17) is 0 Å². The van der Waals surface area contributed by atoms with E-state index in [1.165, 1.54) is 65.6 Å². The average molecular weight is 439 g/mol. The van der Waals surface area contributed by atoms with Gasteiger partial charge in [-0.05, 0) is 41.3 Å². The lowest BCUT2D eigenvalue weighted by Gasteiger charge is -2.19. The Hall–Kier alpha value is -4.04. The molecule has 2 heteroatoms. The summed E-state index contributed by atoms with van der Waals surface area (Å²) in [5.74, 6) is 0. The monoisotopic (exact) mass is 438 g/mol. The zero-order chi connectivity index (χ0) is 23.0. The molecule has 0 bridgehead atoms. The van der Waals surface area contributed by atoms with Gasteiger partial charge in [-0.3, -0.25) is 0 Å². The Morgan fingerprint density at radius 3 is 2.06 bits per heavy atom. The Labute approximate surface area is 198 Å². The fourth-order valence-electron chi connectivity index (χ4n) is 5.62. The molecule has 0 aliphatic rings. The Morgan fingerprint density at radius 1 is 0.618 bits per heavy atom. The Balaban J connectivity index is 1.85. The van der Waals surface area contributed by atoms with E-state index in [1.807, 2.05) is 0 Å². The molecule has 0 spiro atoms. The smallest absolute Gasteiger partial charge is 0.0627 e. The van der Waals surface area contributed by atoms with Gasteiger partial charge in [-0.25, -0.2) is 0 Å². The van der Waals surface area contributed by atoms with E-state index in [9.17, 15) is 0 Å². The first-order chi connectivity index (χ1) is 16.5. The summed E-state index contributed by atoms with van der Waals surface area (Å²) in [7, 11) is 0. The molecule has 0 aliphatic heterocycles. The second kappa shape index (κ2) is 6.74. The molecule has 2 aromatic heterocycles. The van der Waals surface area contributed by atoms with Crippen LogP contribution in [0, 0.1) is 0 Å². The Kier molecular flexibility index (Phi) is 3.85. The van der Waals surface area contributed by atoms with Crippen molar-refractivity contribution in [1.82, 2.24) is 9.55 Å². The van der Waals surface area contributed by atoms with Crippen LogP contribution in [-0.4, -0.2) is 9.55 Å². The molecule has 0 saturated heterocycles. The van der Waals surface area contributed by atoms with Gasteiger partial charge in [-0.2, -0.15) is 0 Å². The molecule has 5 aromatic carbocycles. The van der Waals surface area contributed by atoms with Crippen molar-refractivity contribution in [3.05, 3.63) is 103 Å². The predicted octanol–water partition coefficient (Wildman–Crippen LogP) is 8.87. The number of fused-ring (bicyclic) bond motifs is 10. The number of nitrogens with one attached hydrogen (secondary N) is 1. The van der Waals surface area contributed by atoms with Gasteiger partial charge in [0.25, 0.3) is 0 Å². The highest BCUT2D eigenvalue weighted by atomic mass is 15.0. The number of rotatable bonds is 1. The largest absolute Gasteiger partial charge is 0.354 e. The van der Waals surface area contributed by atoms with Crippen molar-refractivity contribution in [2.75, 3.05) is 0 Å². The van der Waals surface area contributed by atoms with Crippen LogP contribution in [-0.2, 0) is 5.41 Å². The van der Waals surface area contributed by atoms with Crippen LogP contribution in [0.5, 0.6) is 0 Å². The van der Waals surface area contributed by atoms with Crippen LogP contribution in [0.3, 0.4) is 0 Å². The van der Waals surface area contributed by atoms with Crippen molar-refractivity contribution in [2.45, 2.75) is 26.2 Å². The summed E-state index contributed by atoms with van der Waals surface area (Å²) >= 11 is 0. The third-order valence-corrected chi connectivity index (χ3v) is 7.26. The molecule has 0 fully saturated rings. The van der Waals surface area contributed by atoms with Crippen molar-refractivity contribution in [3.8, 4) is 5.69 Å². The quantitative estimate of drug-likeness (QED) is 0.264. The lowest BCUT2D eigenvalue weighted by Crippen LogP contribution is -2.10. The van der Waals surface area contributed by atoms with E-state index >= 15 is 0 Å². The van der Waals surface area contributed by atoms with Gasteiger partial charge >= 0.3 is 0 Å². The number of para-hydroxylation sites is 2. The van der Waals surface area contributed by atoms with Crippen molar-refractivity contribution >= 4 is 54.4 Å². The molecule has 0 unspecified atom stereocenters. The Bertz CT molecular complexity index is 1880. The first-order valence-corrected chi connectivity index (χ1v) is 12.0. The number of hydrogen-bond donors (Lipinski definition) is 1. The second-order valence-electron chi connectivity index (χ2n) is 10.3. The molecule has 2 heterocycles. The standard InChI is InChI=1S/C32H26N2/c1-32(2,3)20-17-18-27-25(19-20)29-28-24-15-9-10-16-26(24)33-30(28)22-13-7-8-14-23(22)31(29)34(27)21-11-5-4-6-12-21/h4-19,33H,1-3H3. The second-order valence-corrected chi connectivity index (χ2v) is 10.3. The summed E-state index contributed by atoms with van der Waals surface area (Å²) in [6.45, 7) is 6.88. The minimum absolute atomic E-state index is 0.0749. The normalized spacial score (nSPS) is 12.6. The van der Waals surface area contributed by atoms with Gasteiger partial charge in [0.05, 0.1) is 16.6 Å². The molecule has 0 radical (unpaired) electrons. The van der Waals surface area contributed by atoms with Crippen LogP contribution >= 0.6 is 0 Å². The van der Waals surface area contributed by atoms with Gasteiger partial charge in [0, 0.05) is 43.5 Å². The van der Waals surface area contributed by atoms with E-state index in [0.717, 1.165) is 0 Å². The topological polar surface area (TPSA) is 20.7 Å². The molecule has 0 aliphatic carbocycles. The van der Waals surface area contributed by atoms with Crippen molar-refractivity contribution < 1.29 is 0 Å². The van der Waals surface area contributed by atoms with Gasteiger partial charge in [0.1, 0.15) is 0 Å². The summed E-state index contributed by atoms with van der Waals surface area (Å²) in [6.07, 6.45) is 0. The minimum Gasteiger partial charge on any atom is -0.354 e. The molecular formula is C32H26N2. The van der Waals surface area contributed by atoms with Crippen molar-refractivity contribution in [3.63, 3.8) is 0 Å². The summed E-state index contributed by atoms with van der Waals surface area (Å²) in [5, 5.41) is 7.77. The number of aromatic amines is 1. The molecule has 0 atom stereocenters. The van der Waals surface area contributed by atoms with Gasteiger partial charge in [-0.15, -0.1) is 0 Å². The fourth-order valence-corrected chi connectivity index (χ4v) is 5.62. The maximum absolute atomic E-state index is 3.76. The SMILES string of the molecule is CC(C)(C)c1ccc2c(c1)c1c3c4ccccc4[nH]c3c3ccccc3c1n2-c1ccccc1. The zero-order valence-electron chi connectivity index (χ0n) is 19.7. The molecule has 0 amide bonds. The number of aromatic nitrogens is 2. The molecule has 34 heavy (non-hydrogen) atoms. The highest BCUT2D eigenvalue weighted by Crippen LogP contribution is 2.45. The predicted molar refractivity (Wildman–Crippen MR) is 146 cm³/mol. The first-order valence-electron chi connectivity index (χ1n) is 12.0. The number of H-pyrrole nitrogens is 1. The van der Waals surface area contributed by atoms with Gasteiger partial charge in [-0.1, -0.05) is 87.5 Å². The van der Waals surface area contributed by atoms with Crippen LogP contribution in [0.1, 0.15) is 26.3 Å². The molecular weight excluding hydrogens is 412 g/mol. The molecule has 1 N–H and O–H groups in total. The maximum atomic E-state index is 3.76. The van der Waals surface area contributed by atoms with Gasteiger partial charge in [0.2, 0.25) is 0 Å². The van der Waals surface area contributed by atoms with E-state index in [-0.39, 0.29) is 5.41 Å². The van der Waals surface area contributed by atoms with Gasteiger partial charge < -0.3 is 9.55 Å². The van der Waals surface area contributed by atoms with Crippen LogP contribution in [0.4, 0.5) is 0 Å². The average Bonchev–Trinajstić information content (AvgIpc) is 3.40. The highest BCUT2D eigenvalue weighted by molar-refractivity contribution is 6.36. The highest BCUT2D eigenvalue weighted by Gasteiger charge is 2.23. The number of benzene rings is 5. The van der Waals surface area contributed by atoms with Crippen LogP contribution < -0.4 is 0 Å². The van der Waals surface area contributed by atoms with E-state index in [1.54, 1.807) is 0 Å². The van der Waals surface area contributed by atoms with Gasteiger partial charge in [0.15, 0.2) is 0 Å². The molecule has 164 valence electrons. The van der Waals surface area contributed by atoms with E-state index in [2.05, 4.69) is 127 Å². The first kappa shape index (κ1) is 19.4. The van der Waals surface area contributed by atoms with Crippen LogP contribution in [0.15, 0.2) is 97.1 Å². The minimum atomic E-state index is 0.0749. The summed E-state index contributed by atoms with van der Waals surface area (Å²) in [4.78, 5) is 3.76. The lowest BCUT2D eigenvalue weighted by atomic mass is 9.86.